The van der Waals surface area contributed by atoms with Crippen LogP contribution in [0.25, 0.3) is 0 Å². The van der Waals surface area contributed by atoms with Crippen LogP contribution in [0.5, 0.6) is 5.75 Å². The molecule has 0 radical (unpaired) electrons. The minimum Gasteiger partial charge on any atom is -0.494 e. The van der Waals surface area contributed by atoms with Gasteiger partial charge in [0.25, 0.3) is 5.91 Å². The number of rotatable bonds is 12. The summed E-state index contributed by atoms with van der Waals surface area (Å²) < 4.78 is 58.4. The van der Waals surface area contributed by atoms with Crippen molar-refractivity contribution in [3.8, 4) is 5.75 Å². The molecule has 0 unspecified atom stereocenters. The predicted molar refractivity (Wildman–Crippen MR) is 169 cm³/mol. The Morgan fingerprint density at radius 3 is 2.37 bits per heavy atom. The average molecular weight is 706 g/mol. The van der Waals surface area contributed by atoms with E-state index < -0.39 is 40.9 Å². The lowest BCUT2D eigenvalue weighted by Gasteiger charge is -2.31. The monoisotopic (exact) mass is 704 g/mol. The summed E-state index contributed by atoms with van der Waals surface area (Å²) in [5, 5.41) is 11.8. The number of nitrogens with one attached hydrogen (secondary N) is 1. The Morgan fingerprint density at radius 1 is 1.04 bits per heavy atom. The predicted octanol–water partition coefficient (Wildman–Crippen LogP) is 6.92. The van der Waals surface area contributed by atoms with Crippen LogP contribution in [0.15, 0.2) is 82.3 Å². The molecule has 0 fully saturated rings. The summed E-state index contributed by atoms with van der Waals surface area (Å²) in [5.74, 6) is -0.455. The van der Waals surface area contributed by atoms with E-state index >= 15 is 0 Å². The van der Waals surface area contributed by atoms with Gasteiger partial charge in [-0.2, -0.15) is 13.2 Å². The molecule has 0 saturated heterocycles. The van der Waals surface area contributed by atoms with E-state index in [0.717, 1.165) is 16.6 Å². The highest BCUT2D eigenvalue weighted by Crippen LogP contribution is 2.44. The van der Waals surface area contributed by atoms with Crippen molar-refractivity contribution in [3.05, 3.63) is 99.5 Å². The van der Waals surface area contributed by atoms with E-state index in [-0.39, 0.29) is 37.5 Å². The number of alkyl halides is 3. The fourth-order valence-electron chi connectivity index (χ4n) is 4.89. The Morgan fingerprint density at radius 2 is 1.74 bits per heavy atom. The van der Waals surface area contributed by atoms with E-state index in [0.29, 0.717) is 29.9 Å². The second-order valence-corrected chi connectivity index (χ2v) is 12.7. The van der Waals surface area contributed by atoms with Crippen LogP contribution in [0.4, 0.5) is 13.2 Å². The Bertz CT molecular complexity index is 1540. The summed E-state index contributed by atoms with van der Waals surface area (Å²) in [6.45, 7) is 5.33. The van der Waals surface area contributed by atoms with Gasteiger partial charge in [-0.3, -0.25) is 9.59 Å². The first-order chi connectivity index (χ1) is 21.7. The van der Waals surface area contributed by atoms with Crippen molar-refractivity contribution in [2.24, 2.45) is 4.99 Å². The lowest BCUT2D eigenvalue weighted by atomic mass is 9.83. The van der Waals surface area contributed by atoms with Gasteiger partial charge < -0.3 is 24.6 Å². The number of aliphatic hydroxyl groups is 1. The quantitative estimate of drug-likeness (QED) is 0.157. The highest BCUT2D eigenvalue weighted by Gasteiger charge is 2.53. The topological polar surface area (TPSA) is 106 Å². The van der Waals surface area contributed by atoms with Gasteiger partial charge in [-0.15, -0.1) is 0 Å². The maximum absolute atomic E-state index is 14.2. The van der Waals surface area contributed by atoms with E-state index in [2.05, 4.69) is 21.2 Å². The standard InChI is InChI=1S/C34H36BrF3N2O6/c1-32(2,3)46-28(42)16-17-33(31(43)39-21-22-6-4-7-25(20-22)34(36,37)38)29(23-8-12-26(35)13-9-23)45-30(40-33)24-10-14-27(15-11-24)44-19-5-18-41/h4,6-15,20,29,41H,5,16-19,21H2,1-3H3,(H,39,43)/t29-,33-/m1/s1. The van der Waals surface area contributed by atoms with Crippen LogP contribution in [0.1, 0.15) is 68.4 Å². The second-order valence-electron chi connectivity index (χ2n) is 11.8. The molecule has 1 aliphatic heterocycles. The highest BCUT2D eigenvalue weighted by molar-refractivity contribution is 9.10. The lowest BCUT2D eigenvalue weighted by molar-refractivity contribution is -0.155. The van der Waals surface area contributed by atoms with Crippen LogP contribution >= 0.6 is 15.9 Å². The largest absolute Gasteiger partial charge is 0.494 e. The molecule has 2 atom stereocenters. The molecule has 12 heteroatoms. The van der Waals surface area contributed by atoms with Crippen molar-refractivity contribution in [1.29, 1.82) is 0 Å². The van der Waals surface area contributed by atoms with Gasteiger partial charge in [-0.05, 0) is 86.8 Å². The fraction of sp³-hybridized carbons (Fsp3) is 0.382. The zero-order valence-corrected chi connectivity index (χ0v) is 27.3. The molecular weight excluding hydrogens is 669 g/mol. The number of esters is 1. The third-order valence-electron chi connectivity index (χ3n) is 7.04. The molecule has 1 aliphatic rings. The number of benzene rings is 3. The Kier molecular flexibility index (Phi) is 11.2. The normalized spacial score (nSPS) is 18.0. The van der Waals surface area contributed by atoms with Crippen molar-refractivity contribution in [1.82, 2.24) is 5.32 Å². The summed E-state index contributed by atoms with van der Waals surface area (Å²) in [6, 6.07) is 18.7. The fourth-order valence-corrected chi connectivity index (χ4v) is 5.15. The van der Waals surface area contributed by atoms with Crippen LogP contribution < -0.4 is 10.1 Å². The smallest absolute Gasteiger partial charge is 0.416 e. The number of halogens is 4. The van der Waals surface area contributed by atoms with E-state index in [1.54, 1.807) is 69.3 Å². The summed E-state index contributed by atoms with van der Waals surface area (Å²) >= 11 is 3.42. The molecule has 3 aromatic carbocycles. The molecule has 4 rings (SSSR count). The van der Waals surface area contributed by atoms with E-state index in [4.69, 9.17) is 24.3 Å². The van der Waals surface area contributed by atoms with Crippen LogP contribution in [0.2, 0.25) is 0 Å². The number of aliphatic hydroxyl groups excluding tert-OH is 1. The molecular formula is C34H36BrF3N2O6. The molecule has 0 aromatic heterocycles. The Labute approximate surface area is 274 Å². The number of hydrogen-bond donors (Lipinski definition) is 2. The summed E-state index contributed by atoms with van der Waals surface area (Å²) in [5.41, 5.74) is -1.89. The van der Waals surface area contributed by atoms with Gasteiger partial charge >= 0.3 is 12.1 Å². The molecule has 0 bridgehead atoms. The van der Waals surface area contributed by atoms with Gasteiger partial charge in [0.15, 0.2) is 11.6 Å². The lowest BCUT2D eigenvalue weighted by Crippen LogP contribution is -2.48. The minimum absolute atomic E-state index is 0.00137. The number of hydrogen-bond acceptors (Lipinski definition) is 7. The molecule has 1 amide bonds. The molecule has 2 N–H and O–H groups in total. The molecule has 0 saturated carbocycles. The molecule has 0 aliphatic carbocycles. The van der Waals surface area contributed by atoms with Gasteiger partial charge in [0.1, 0.15) is 11.4 Å². The van der Waals surface area contributed by atoms with Crippen LogP contribution in [-0.2, 0) is 31.8 Å². The SMILES string of the molecule is CC(C)(C)OC(=O)CC[C@@]1(C(=O)NCc2cccc(C(F)(F)F)c2)N=C(c2ccc(OCCCO)cc2)O[C@@H]1c1ccc(Br)cc1. The number of ether oxygens (including phenoxy) is 3. The van der Waals surface area contributed by atoms with Crippen molar-refractivity contribution in [3.63, 3.8) is 0 Å². The third-order valence-corrected chi connectivity index (χ3v) is 7.57. The first kappa shape index (κ1) is 35.0. The van der Waals surface area contributed by atoms with E-state index in [1.165, 1.54) is 12.1 Å². The van der Waals surface area contributed by atoms with Crippen LogP contribution in [0.3, 0.4) is 0 Å². The highest BCUT2D eigenvalue weighted by atomic mass is 79.9. The first-order valence-electron chi connectivity index (χ1n) is 14.7. The summed E-state index contributed by atoms with van der Waals surface area (Å²) in [6.07, 6.45) is -5.34. The zero-order chi connectivity index (χ0) is 33.5. The maximum Gasteiger partial charge on any atom is 0.416 e. The maximum atomic E-state index is 14.2. The zero-order valence-electron chi connectivity index (χ0n) is 25.7. The van der Waals surface area contributed by atoms with Crippen molar-refractivity contribution >= 4 is 33.7 Å². The van der Waals surface area contributed by atoms with Crippen LogP contribution in [0, 0.1) is 0 Å². The molecule has 246 valence electrons. The first-order valence-corrected chi connectivity index (χ1v) is 15.5. The van der Waals surface area contributed by atoms with Crippen molar-refractivity contribution in [2.45, 2.75) is 70.0 Å². The summed E-state index contributed by atoms with van der Waals surface area (Å²) in [7, 11) is 0. The number of amides is 1. The molecule has 0 spiro atoms. The molecule has 46 heavy (non-hydrogen) atoms. The number of carbonyl (C=O) groups is 2. The van der Waals surface area contributed by atoms with Gasteiger partial charge in [-0.25, -0.2) is 4.99 Å². The average Bonchev–Trinajstić information content (AvgIpc) is 3.39. The van der Waals surface area contributed by atoms with Gasteiger partial charge in [0.2, 0.25) is 5.90 Å². The Balaban J connectivity index is 1.72. The van der Waals surface area contributed by atoms with E-state index in [1.807, 2.05) is 0 Å². The summed E-state index contributed by atoms with van der Waals surface area (Å²) in [4.78, 5) is 31.9. The molecule has 8 nitrogen and oxygen atoms in total. The van der Waals surface area contributed by atoms with Gasteiger partial charge in [0.05, 0.1) is 12.2 Å². The second kappa shape index (κ2) is 14.7. The number of nitrogens with zero attached hydrogens (tertiary/aromatic N) is 1. The van der Waals surface area contributed by atoms with Crippen molar-refractivity contribution in [2.75, 3.05) is 13.2 Å². The number of aliphatic imine (C=N–C) groups is 1. The minimum atomic E-state index is -4.54. The van der Waals surface area contributed by atoms with Gasteiger partial charge in [0, 0.05) is 36.0 Å². The molecule has 1 heterocycles. The van der Waals surface area contributed by atoms with Gasteiger partial charge in [-0.1, -0.05) is 40.2 Å². The Hall–Kier alpha value is -3.90. The van der Waals surface area contributed by atoms with Crippen molar-refractivity contribution < 1.29 is 42.1 Å². The third kappa shape index (κ3) is 9.10. The molecule has 3 aromatic rings. The van der Waals surface area contributed by atoms with Crippen LogP contribution in [-0.4, -0.2) is 47.2 Å². The van der Waals surface area contributed by atoms with E-state index in [9.17, 15) is 22.8 Å². The number of carbonyl (C=O) groups excluding carboxylic acids is 2.